The highest BCUT2D eigenvalue weighted by Crippen LogP contribution is 2.18. The molecule has 398 valence electrons. The van der Waals surface area contributed by atoms with E-state index in [0.717, 1.165) is 69.6 Å². The van der Waals surface area contributed by atoms with E-state index in [2.05, 4.69) is 34.6 Å². The molecule has 0 saturated heterocycles. The van der Waals surface area contributed by atoms with Crippen LogP contribution in [0.5, 0.6) is 0 Å². The van der Waals surface area contributed by atoms with Crippen LogP contribution >= 0.6 is 0 Å². The second-order valence-corrected chi connectivity index (χ2v) is 21.9. The Labute approximate surface area is 418 Å². The molecular weight excluding hydrogens is 829 g/mol. The molecule has 0 bridgehead atoms. The molecule has 0 N–H and O–H groups in total. The number of ether oxygens (including phenoxy) is 3. The predicted molar refractivity (Wildman–Crippen MR) is 289 cm³/mol. The molecule has 0 radical (unpaired) electrons. The van der Waals surface area contributed by atoms with E-state index < -0.39 is 6.10 Å². The molecule has 0 unspecified atom stereocenters. The van der Waals surface area contributed by atoms with Gasteiger partial charge in [-0.2, -0.15) is 0 Å². The minimum atomic E-state index is -0.763. The third kappa shape index (κ3) is 55.2. The van der Waals surface area contributed by atoms with Crippen LogP contribution in [0.3, 0.4) is 0 Å². The van der Waals surface area contributed by atoms with E-state index in [0.29, 0.717) is 19.3 Å². The molecule has 1 atom stereocenters. The van der Waals surface area contributed by atoms with Gasteiger partial charge in [-0.1, -0.05) is 304 Å². The van der Waals surface area contributed by atoms with Crippen LogP contribution in [-0.2, 0) is 28.6 Å². The van der Waals surface area contributed by atoms with Gasteiger partial charge in [-0.05, 0) is 31.1 Å². The Kier molecular flexibility index (Phi) is 52.5. The van der Waals surface area contributed by atoms with E-state index in [9.17, 15) is 14.4 Å². The smallest absolute Gasteiger partial charge is 0.306 e. The lowest BCUT2D eigenvalue weighted by atomic mass is 10.0. The molecule has 0 spiro atoms. The minimum Gasteiger partial charge on any atom is -0.462 e. The predicted octanol–water partition coefficient (Wildman–Crippen LogP) is 20.0. The van der Waals surface area contributed by atoms with Crippen molar-refractivity contribution in [3.63, 3.8) is 0 Å². The summed E-state index contributed by atoms with van der Waals surface area (Å²) in [6, 6.07) is 0. The minimum absolute atomic E-state index is 0.0622. The third-order valence-electron chi connectivity index (χ3n) is 14.0. The highest BCUT2D eigenvalue weighted by molar-refractivity contribution is 5.71. The maximum absolute atomic E-state index is 12.9. The first-order valence-corrected chi connectivity index (χ1v) is 30.2. The molecule has 0 aliphatic rings. The summed E-state index contributed by atoms with van der Waals surface area (Å²) in [6.45, 7) is 11.4. The Morgan fingerprint density at radius 3 is 0.731 bits per heavy atom. The molecule has 0 aromatic rings. The SMILES string of the molecule is CCCCCCCCCCCCCCCCC(=O)OC[C@@H](COC(=O)CCCCCCCCCCCCCCCCCCC(C)C)OC(=O)CCCCCCCCCCCCCCCC(C)C. The maximum atomic E-state index is 12.9. The standard InChI is InChI=1S/C61H118O6/c1-6-7-8-9-10-11-12-13-21-26-31-36-41-46-51-59(62)65-54-58(67-61(64)53-48-43-38-33-28-23-18-20-25-30-35-40-45-50-57(4)5)55-66-60(63)52-47-42-37-32-27-22-17-15-14-16-19-24-29-34-39-44-49-56(2)3/h56-58H,6-55H2,1-5H3/t58-/m0/s1. The Bertz CT molecular complexity index is 1020. The molecule has 6 nitrogen and oxygen atoms in total. The number of unbranched alkanes of at least 4 members (excludes halogenated alkanes) is 40. The van der Waals surface area contributed by atoms with Crippen molar-refractivity contribution >= 4 is 17.9 Å². The van der Waals surface area contributed by atoms with Gasteiger partial charge in [0.05, 0.1) is 0 Å². The molecule has 0 aliphatic heterocycles. The molecule has 0 heterocycles. The van der Waals surface area contributed by atoms with Crippen molar-refractivity contribution in [1.82, 2.24) is 0 Å². The molecule has 0 saturated carbocycles. The average Bonchev–Trinajstić information content (AvgIpc) is 3.30. The fourth-order valence-electron chi connectivity index (χ4n) is 9.40. The van der Waals surface area contributed by atoms with Crippen molar-refractivity contribution in [3.8, 4) is 0 Å². The zero-order chi connectivity index (χ0) is 48.9. The van der Waals surface area contributed by atoms with E-state index in [1.54, 1.807) is 0 Å². The van der Waals surface area contributed by atoms with Crippen molar-refractivity contribution in [1.29, 1.82) is 0 Å². The van der Waals surface area contributed by atoms with Crippen molar-refractivity contribution in [3.05, 3.63) is 0 Å². The highest BCUT2D eigenvalue weighted by atomic mass is 16.6. The maximum Gasteiger partial charge on any atom is 0.306 e. The van der Waals surface area contributed by atoms with Crippen LogP contribution in [0.2, 0.25) is 0 Å². The van der Waals surface area contributed by atoms with Crippen LogP contribution in [0.1, 0.15) is 343 Å². The Balaban J connectivity index is 4.28. The van der Waals surface area contributed by atoms with Crippen LogP contribution in [0.4, 0.5) is 0 Å². The molecule has 6 heteroatoms. The second-order valence-electron chi connectivity index (χ2n) is 21.9. The molecule has 0 rings (SSSR count). The first-order valence-electron chi connectivity index (χ1n) is 30.2. The highest BCUT2D eigenvalue weighted by Gasteiger charge is 2.19. The molecule has 0 aromatic carbocycles. The fraction of sp³-hybridized carbons (Fsp3) is 0.951. The van der Waals surface area contributed by atoms with E-state index >= 15 is 0 Å². The Hall–Kier alpha value is -1.59. The lowest BCUT2D eigenvalue weighted by molar-refractivity contribution is -0.167. The van der Waals surface area contributed by atoms with E-state index in [-0.39, 0.29) is 31.1 Å². The number of carbonyl (C=O) groups excluding carboxylic acids is 3. The van der Waals surface area contributed by atoms with Crippen LogP contribution in [0.15, 0.2) is 0 Å². The summed E-state index contributed by atoms with van der Waals surface area (Å²) in [4.78, 5) is 38.2. The van der Waals surface area contributed by atoms with Gasteiger partial charge in [0.1, 0.15) is 13.2 Å². The monoisotopic (exact) mass is 947 g/mol. The van der Waals surface area contributed by atoms with Gasteiger partial charge in [0.25, 0.3) is 0 Å². The molecule has 0 fully saturated rings. The fourth-order valence-corrected chi connectivity index (χ4v) is 9.40. The van der Waals surface area contributed by atoms with E-state index in [4.69, 9.17) is 14.2 Å². The summed E-state index contributed by atoms with van der Waals surface area (Å²) in [7, 11) is 0. The third-order valence-corrected chi connectivity index (χ3v) is 14.0. The van der Waals surface area contributed by atoms with Crippen molar-refractivity contribution in [2.24, 2.45) is 11.8 Å². The number of carbonyl (C=O) groups is 3. The zero-order valence-electron chi connectivity index (χ0n) is 46.0. The first kappa shape index (κ1) is 65.4. The molecule has 0 amide bonds. The van der Waals surface area contributed by atoms with Crippen LogP contribution in [0.25, 0.3) is 0 Å². The van der Waals surface area contributed by atoms with E-state index in [1.165, 1.54) is 231 Å². The van der Waals surface area contributed by atoms with E-state index in [1.807, 2.05) is 0 Å². The van der Waals surface area contributed by atoms with Crippen molar-refractivity contribution < 1.29 is 28.6 Å². The van der Waals surface area contributed by atoms with Crippen LogP contribution in [0, 0.1) is 11.8 Å². The molecule has 67 heavy (non-hydrogen) atoms. The van der Waals surface area contributed by atoms with Gasteiger partial charge < -0.3 is 14.2 Å². The number of hydrogen-bond acceptors (Lipinski definition) is 6. The van der Waals surface area contributed by atoms with Gasteiger partial charge in [0.15, 0.2) is 6.10 Å². The molecule has 0 aliphatic carbocycles. The molecule has 0 aromatic heterocycles. The van der Waals surface area contributed by atoms with Gasteiger partial charge in [-0.25, -0.2) is 0 Å². The van der Waals surface area contributed by atoms with Gasteiger partial charge in [0, 0.05) is 19.3 Å². The summed E-state index contributed by atoms with van der Waals surface area (Å²) in [5, 5.41) is 0. The van der Waals surface area contributed by atoms with Gasteiger partial charge >= 0.3 is 17.9 Å². The Morgan fingerprint density at radius 1 is 0.284 bits per heavy atom. The molecular formula is C61H118O6. The largest absolute Gasteiger partial charge is 0.462 e. The van der Waals surface area contributed by atoms with Crippen molar-refractivity contribution in [2.75, 3.05) is 13.2 Å². The summed E-state index contributed by atoms with van der Waals surface area (Å²) in [6.07, 6.45) is 58.1. The van der Waals surface area contributed by atoms with Gasteiger partial charge in [-0.3, -0.25) is 14.4 Å². The number of hydrogen-bond donors (Lipinski definition) is 0. The summed E-state index contributed by atoms with van der Waals surface area (Å²) < 4.78 is 16.9. The van der Waals surface area contributed by atoms with Gasteiger partial charge in [0.2, 0.25) is 0 Å². The topological polar surface area (TPSA) is 78.9 Å². The second kappa shape index (κ2) is 53.8. The quantitative estimate of drug-likeness (QED) is 0.0343. The lowest BCUT2D eigenvalue weighted by Gasteiger charge is -2.18. The lowest BCUT2D eigenvalue weighted by Crippen LogP contribution is -2.30. The van der Waals surface area contributed by atoms with Crippen molar-refractivity contribution in [2.45, 2.75) is 349 Å². The van der Waals surface area contributed by atoms with Gasteiger partial charge in [-0.15, -0.1) is 0 Å². The first-order chi connectivity index (χ1) is 32.7. The summed E-state index contributed by atoms with van der Waals surface area (Å²) >= 11 is 0. The zero-order valence-corrected chi connectivity index (χ0v) is 46.0. The Morgan fingerprint density at radius 2 is 0.493 bits per heavy atom. The van der Waals surface area contributed by atoms with Crippen LogP contribution in [-0.4, -0.2) is 37.2 Å². The van der Waals surface area contributed by atoms with Crippen LogP contribution < -0.4 is 0 Å². The summed E-state index contributed by atoms with van der Waals surface area (Å²) in [5.41, 5.74) is 0. The number of rotatable bonds is 55. The number of esters is 3. The normalized spacial score (nSPS) is 12.0. The summed E-state index contributed by atoms with van der Waals surface area (Å²) in [5.74, 6) is 0.856. The average molecular weight is 948 g/mol.